The minimum Gasteiger partial charge on any atom is -0.507 e. The lowest BCUT2D eigenvalue weighted by atomic mass is 9.94. The highest BCUT2D eigenvalue weighted by atomic mass is 16.5. The van der Waals surface area contributed by atoms with E-state index in [0.29, 0.717) is 53.8 Å². The number of aliphatic hydroxyl groups is 1. The van der Waals surface area contributed by atoms with E-state index in [0.717, 1.165) is 18.8 Å². The molecule has 1 atom stereocenters. The predicted molar refractivity (Wildman–Crippen MR) is 151 cm³/mol. The quantitative estimate of drug-likeness (QED) is 0.239. The minimum atomic E-state index is -0.899. The van der Waals surface area contributed by atoms with Crippen molar-refractivity contribution in [2.45, 2.75) is 13.0 Å². The molecule has 0 saturated carbocycles. The van der Waals surface area contributed by atoms with E-state index >= 15 is 0 Å². The number of likely N-dealkylation sites (tertiary alicyclic amines) is 1. The van der Waals surface area contributed by atoms with Crippen LogP contribution >= 0.6 is 0 Å². The smallest absolute Gasteiger partial charge is 0.295 e. The summed E-state index contributed by atoms with van der Waals surface area (Å²) in [6.45, 7) is 5.30. The molecule has 2 aromatic carbocycles. The van der Waals surface area contributed by atoms with Crippen molar-refractivity contribution >= 4 is 17.4 Å². The zero-order chi connectivity index (χ0) is 29.1. The molecule has 0 aliphatic carbocycles. The van der Waals surface area contributed by atoms with Crippen LogP contribution in [0.3, 0.4) is 0 Å². The second kappa shape index (κ2) is 12.0. The zero-order valence-corrected chi connectivity index (χ0v) is 23.6. The summed E-state index contributed by atoms with van der Waals surface area (Å²) >= 11 is 0. The largest absolute Gasteiger partial charge is 0.507 e. The van der Waals surface area contributed by atoms with Gasteiger partial charge in [-0.3, -0.25) is 14.5 Å². The van der Waals surface area contributed by atoms with Crippen LogP contribution in [-0.4, -0.2) is 97.1 Å². The Kier molecular flexibility index (Phi) is 8.27. The molecule has 1 aromatic heterocycles. The molecule has 3 aromatic rings. The molecule has 2 aliphatic heterocycles. The van der Waals surface area contributed by atoms with Gasteiger partial charge in [0.2, 0.25) is 5.75 Å². The van der Waals surface area contributed by atoms with Crippen molar-refractivity contribution in [2.24, 2.45) is 0 Å². The monoisotopic (exact) mass is 562 g/mol. The van der Waals surface area contributed by atoms with Gasteiger partial charge in [0.1, 0.15) is 5.76 Å². The van der Waals surface area contributed by atoms with Crippen molar-refractivity contribution in [1.82, 2.24) is 19.6 Å². The van der Waals surface area contributed by atoms with Gasteiger partial charge in [-0.05, 0) is 36.8 Å². The van der Waals surface area contributed by atoms with Crippen LogP contribution in [0.5, 0.6) is 17.2 Å². The molecule has 5 rings (SSSR count). The standard InChI is InChI=1S/C30H34N4O7/c1-19-22(18-31-34(19)21-8-6-5-7-9-21)27(35)25-26(20-16-23(38-2)29(40-4)24(17-20)39-3)33(30(37)28(25)36)11-10-32-12-14-41-15-13-32/h5-9,16-18,26,35H,10-15H2,1-4H3/t26-/m0/s1. The number of methoxy groups -OCH3 is 3. The number of para-hydroxylation sites is 1. The van der Waals surface area contributed by atoms with Gasteiger partial charge in [0.15, 0.2) is 11.5 Å². The third-order valence-corrected chi connectivity index (χ3v) is 7.57. The molecule has 3 heterocycles. The lowest BCUT2D eigenvalue weighted by molar-refractivity contribution is -0.140. The lowest BCUT2D eigenvalue weighted by Gasteiger charge is -2.31. The summed E-state index contributed by atoms with van der Waals surface area (Å²) in [7, 11) is 4.50. The molecular formula is C30H34N4O7. The predicted octanol–water partition coefficient (Wildman–Crippen LogP) is 2.96. The molecule has 0 spiro atoms. The molecule has 41 heavy (non-hydrogen) atoms. The van der Waals surface area contributed by atoms with Gasteiger partial charge in [-0.1, -0.05) is 18.2 Å². The number of rotatable bonds is 9. The summed E-state index contributed by atoms with van der Waals surface area (Å²) in [6.07, 6.45) is 1.51. The van der Waals surface area contributed by atoms with Gasteiger partial charge < -0.3 is 29.0 Å². The van der Waals surface area contributed by atoms with E-state index in [2.05, 4.69) is 10.00 Å². The maximum atomic E-state index is 13.6. The number of ether oxygens (including phenoxy) is 4. The van der Waals surface area contributed by atoms with Crippen LogP contribution in [0.1, 0.15) is 22.9 Å². The summed E-state index contributed by atoms with van der Waals surface area (Å²) in [5.74, 6) is -0.635. The molecule has 1 amide bonds. The van der Waals surface area contributed by atoms with Crippen LogP contribution in [0.2, 0.25) is 0 Å². The number of benzene rings is 2. The number of hydrogen-bond acceptors (Lipinski definition) is 9. The van der Waals surface area contributed by atoms with Gasteiger partial charge in [-0.25, -0.2) is 4.68 Å². The molecule has 0 bridgehead atoms. The van der Waals surface area contributed by atoms with Crippen molar-refractivity contribution in [1.29, 1.82) is 0 Å². The van der Waals surface area contributed by atoms with Crippen LogP contribution in [0.4, 0.5) is 0 Å². The molecule has 216 valence electrons. The molecular weight excluding hydrogens is 528 g/mol. The van der Waals surface area contributed by atoms with Crippen LogP contribution in [0.15, 0.2) is 54.2 Å². The number of carbonyl (C=O) groups is 2. The Balaban J connectivity index is 1.63. The Morgan fingerprint density at radius 3 is 2.27 bits per heavy atom. The summed E-state index contributed by atoms with van der Waals surface area (Å²) < 4.78 is 23.8. The summed E-state index contributed by atoms with van der Waals surface area (Å²) in [5, 5.41) is 16.1. The first-order valence-corrected chi connectivity index (χ1v) is 13.4. The fourth-order valence-corrected chi connectivity index (χ4v) is 5.41. The van der Waals surface area contributed by atoms with Crippen molar-refractivity contribution in [3.05, 3.63) is 71.1 Å². The van der Waals surface area contributed by atoms with Gasteiger partial charge in [0, 0.05) is 26.2 Å². The SMILES string of the molecule is COc1cc([C@H]2C(=C(O)c3cnn(-c4ccccc4)c3C)C(=O)C(=O)N2CCN2CCOCC2)cc(OC)c1OC. The van der Waals surface area contributed by atoms with E-state index in [-0.39, 0.29) is 17.9 Å². The van der Waals surface area contributed by atoms with Crippen LogP contribution < -0.4 is 14.2 Å². The Bertz CT molecular complexity index is 1440. The number of aromatic nitrogens is 2. The van der Waals surface area contributed by atoms with Crippen molar-refractivity contribution in [3.8, 4) is 22.9 Å². The number of morpholine rings is 1. The Morgan fingerprint density at radius 1 is 1.00 bits per heavy atom. The molecule has 2 saturated heterocycles. The highest BCUT2D eigenvalue weighted by Crippen LogP contribution is 2.45. The second-order valence-electron chi connectivity index (χ2n) is 9.80. The van der Waals surface area contributed by atoms with Gasteiger partial charge in [-0.2, -0.15) is 5.10 Å². The van der Waals surface area contributed by atoms with E-state index in [4.69, 9.17) is 18.9 Å². The molecule has 2 aliphatic rings. The van der Waals surface area contributed by atoms with E-state index < -0.39 is 17.7 Å². The highest BCUT2D eigenvalue weighted by Gasteiger charge is 2.47. The number of Topliss-reactive ketones (excluding diaryl/α,β-unsaturated/α-hetero) is 1. The number of hydrogen-bond donors (Lipinski definition) is 1. The van der Waals surface area contributed by atoms with Gasteiger partial charge in [-0.15, -0.1) is 0 Å². The van der Waals surface area contributed by atoms with E-state index in [9.17, 15) is 14.7 Å². The summed E-state index contributed by atoms with van der Waals surface area (Å²) in [6, 6.07) is 12.0. The fraction of sp³-hybridized carbons (Fsp3) is 0.367. The molecule has 0 radical (unpaired) electrons. The van der Waals surface area contributed by atoms with E-state index in [1.54, 1.807) is 23.7 Å². The average Bonchev–Trinajstić information content (AvgIpc) is 3.52. The number of aliphatic hydroxyl groups excluding tert-OH is 1. The van der Waals surface area contributed by atoms with Crippen LogP contribution in [0.25, 0.3) is 11.4 Å². The second-order valence-corrected chi connectivity index (χ2v) is 9.80. The molecule has 11 heteroatoms. The number of ketones is 1. The number of nitrogens with zero attached hydrogens (tertiary/aromatic N) is 4. The summed E-state index contributed by atoms with van der Waals surface area (Å²) in [5.41, 5.74) is 2.29. The highest BCUT2D eigenvalue weighted by molar-refractivity contribution is 6.46. The van der Waals surface area contributed by atoms with E-state index in [1.165, 1.54) is 32.4 Å². The first-order chi connectivity index (χ1) is 19.9. The van der Waals surface area contributed by atoms with Crippen molar-refractivity contribution < 1.29 is 33.6 Å². The Hall–Kier alpha value is -4.35. The summed E-state index contributed by atoms with van der Waals surface area (Å²) in [4.78, 5) is 30.8. The zero-order valence-electron chi connectivity index (χ0n) is 23.6. The van der Waals surface area contributed by atoms with Gasteiger partial charge in [0.25, 0.3) is 11.7 Å². The maximum absolute atomic E-state index is 13.6. The third-order valence-electron chi connectivity index (χ3n) is 7.57. The van der Waals surface area contributed by atoms with Crippen LogP contribution in [0, 0.1) is 6.92 Å². The van der Waals surface area contributed by atoms with E-state index in [1.807, 2.05) is 30.3 Å². The first kappa shape index (κ1) is 28.2. The van der Waals surface area contributed by atoms with Gasteiger partial charge in [0.05, 0.1) is 69.3 Å². The van der Waals surface area contributed by atoms with Gasteiger partial charge >= 0.3 is 0 Å². The molecule has 11 nitrogen and oxygen atoms in total. The van der Waals surface area contributed by atoms with Crippen molar-refractivity contribution in [2.75, 3.05) is 60.7 Å². The number of carbonyl (C=O) groups excluding carboxylic acids is 2. The Morgan fingerprint density at radius 2 is 1.66 bits per heavy atom. The topological polar surface area (TPSA) is 116 Å². The van der Waals surface area contributed by atoms with Crippen molar-refractivity contribution in [3.63, 3.8) is 0 Å². The van der Waals surface area contributed by atoms with Crippen LogP contribution in [-0.2, 0) is 14.3 Å². The normalized spacial score (nSPS) is 19.0. The molecule has 0 unspecified atom stereocenters. The average molecular weight is 563 g/mol. The number of amides is 1. The lowest BCUT2D eigenvalue weighted by Crippen LogP contribution is -2.42. The third kappa shape index (κ3) is 5.25. The Labute approximate surface area is 238 Å². The molecule has 2 fully saturated rings. The minimum absolute atomic E-state index is 0.0260. The first-order valence-electron chi connectivity index (χ1n) is 13.4. The maximum Gasteiger partial charge on any atom is 0.295 e. The molecule has 1 N–H and O–H groups in total. The fourth-order valence-electron chi connectivity index (χ4n) is 5.41.